The average Bonchev–Trinajstić information content (AvgIpc) is 3.52. The standard InChI is InChI=1S/C25H22FN9O/c1-14-3-4-15(18(26)9-14)10-17-13-23(36)34(2)22-12-16(11-21-32-33-24(17)35(21)22)19-5-7-27-25(29-19)30-20-6-8-28-31-20/h3-9,11-12,17H,10,13H2,1-2H3,(H2,27,28,29,30,31). The number of halogens is 1. The summed E-state index contributed by atoms with van der Waals surface area (Å²) in [6, 6.07) is 12.5. The molecule has 0 radical (unpaired) electrons. The van der Waals surface area contributed by atoms with Gasteiger partial charge in [-0.3, -0.25) is 14.3 Å². The van der Waals surface area contributed by atoms with Crippen LogP contribution in [0.25, 0.3) is 16.9 Å². The minimum Gasteiger partial charge on any atom is -0.309 e. The van der Waals surface area contributed by atoms with E-state index in [0.29, 0.717) is 46.7 Å². The van der Waals surface area contributed by atoms with Crippen LogP contribution in [-0.4, -0.2) is 47.7 Å². The molecule has 1 aliphatic rings. The molecule has 0 bridgehead atoms. The molecule has 5 aromatic rings. The summed E-state index contributed by atoms with van der Waals surface area (Å²) >= 11 is 0. The molecule has 180 valence electrons. The van der Waals surface area contributed by atoms with E-state index < -0.39 is 0 Å². The van der Waals surface area contributed by atoms with E-state index in [0.717, 1.165) is 11.1 Å². The van der Waals surface area contributed by atoms with Gasteiger partial charge in [-0.05, 0) is 48.7 Å². The fourth-order valence-corrected chi connectivity index (χ4v) is 4.52. The van der Waals surface area contributed by atoms with Gasteiger partial charge in [-0.15, -0.1) is 10.2 Å². The van der Waals surface area contributed by atoms with Crippen LogP contribution in [0.4, 0.5) is 22.0 Å². The van der Waals surface area contributed by atoms with Gasteiger partial charge in [0.25, 0.3) is 0 Å². The third kappa shape index (κ3) is 3.84. The summed E-state index contributed by atoms with van der Waals surface area (Å²) in [5, 5.41) is 18.6. The summed E-state index contributed by atoms with van der Waals surface area (Å²) in [6.07, 6.45) is 3.83. The maximum absolute atomic E-state index is 14.6. The first-order valence-electron chi connectivity index (χ1n) is 11.5. The number of hydrogen-bond donors (Lipinski definition) is 2. The summed E-state index contributed by atoms with van der Waals surface area (Å²) in [7, 11) is 1.73. The van der Waals surface area contributed by atoms with E-state index in [1.807, 2.05) is 29.5 Å². The molecule has 1 atom stereocenters. The van der Waals surface area contributed by atoms with Gasteiger partial charge in [0.05, 0.1) is 11.9 Å². The number of rotatable bonds is 5. The molecule has 10 nitrogen and oxygen atoms in total. The fraction of sp³-hybridized carbons (Fsp3) is 0.200. The highest BCUT2D eigenvalue weighted by molar-refractivity contribution is 5.94. The van der Waals surface area contributed by atoms with Crippen LogP contribution < -0.4 is 10.2 Å². The number of nitrogens with zero attached hydrogens (tertiary/aromatic N) is 7. The number of hydrogen-bond acceptors (Lipinski definition) is 7. The maximum Gasteiger partial charge on any atom is 0.228 e. The molecule has 2 N–H and O–H groups in total. The van der Waals surface area contributed by atoms with Crippen LogP contribution >= 0.6 is 0 Å². The number of anilines is 3. The highest BCUT2D eigenvalue weighted by Gasteiger charge is 2.31. The third-order valence-electron chi connectivity index (χ3n) is 6.39. The largest absolute Gasteiger partial charge is 0.309 e. The fourth-order valence-electron chi connectivity index (χ4n) is 4.52. The topological polar surface area (TPSA) is 117 Å². The Balaban J connectivity index is 1.41. The van der Waals surface area contributed by atoms with Crippen molar-refractivity contribution in [1.29, 1.82) is 0 Å². The predicted molar refractivity (Wildman–Crippen MR) is 131 cm³/mol. The van der Waals surface area contributed by atoms with Crippen molar-refractivity contribution in [2.24, 2.45) is 0 Å². The molecule has 0 spiro atoms. The molecule has 1 unspecified atom stereocenters. The molecule has 0 saturated heterocycles. The van der Waals surface area contributed by atoms with Gasteiger partial charge in [-0.1, -0.05) is 12.1 Å². The first-order chi connectivity index (χ1) is 17.5. The van der Waals surface area contributed by atoms with Crippen LogP contribution in [0.3, 0.4) is 0 Å². The molecule has 0 saturated carbocycles. The van der Waals surface area contributed by atoms with Gasteiger partial charge in [-0.25, -0.2) is 14.4 Å². The Bertz CT molecular complexity index is 1590. The second kappa shape index (κ2) is 8.52. The lowest BCUT2D eigenvalue weighted by molar-refractivity contribution is -0.118. The number of nitrogens with one attached hydrogen (secondary N) is 2. The van der Waals surface area contributed by atoms with Crippen molar-refractivity contribution in [2.45, 2.75) is 25.7 Å². The molecule has 0 aliphatic carbocycles. The minimum absolute atomic E-state index is 0.0826. The van der Waals surface area contributed by atoms with Gasteiger partial charge >= 0.3 is 0 Å². The number of aromatic nitrogens is 7. The molecule has 36 heavy (non-hydrogen) atoms. The minimum atomic E-state index is -0.316. The van der Waals surface area contributed by atoms with Crippen molar-refractivity contribution in [3.05, 3.63) is 77.6 Å². The van der Waals surface area contributed by atoms with Gasteiger partial charge < -0.3 is 10.2 Å². The summed E-state index contributed by atoms with van der Waals surface area (Å²) in [6.45, 7) is 1.85. The van der Waals surface area contributed by atoms with Crippen molar-refractivity contribution in [3.63, 3.8) is 0 Å². The van der Waals surface area contributed by atoms with E-state index in [9.17, 15) is 9.18 Å². The molecule has 1 amide bonds. The van der Waals surface area contributed by atoms with Gasteiger partial charge in [0.1, 0.15) is 23.3 Å². The van der Waals surface area contributed by atoms with E-state index in [2.05, 4.69) is 35.7 Å². The van der Waals surface area contributed by atoms with Crippen LogP contribution in [0, 0.1) is 12.7 Å². The number of amides is 1. The molecule has 1 aliphatic heterocycles. The Morgan fingerprint density at radius 1 is 1.14 bits per heavy atom. The molecule has 6 rings (SSSR count). The summed E-state index contributed by atoms with van der Waals surface area (Å²) in [5.41, 5.74) is 3.39. The van der Waals surface area contributed by atoms with E-state index in [1.54, 1.807) is 42.5 Å². The van der Waals surface area contributed by atoms with Crippen LogP contribution in [0.2, 0.25) is 0 Å². The zero-order chi connectivity index (χ0) is 24.8. The Hall–Kier alpha value is -4.67. The smallest absolute Gasteiger partial charge is 0.228 e. The van der Waals surface area contributed by atoms with Crippen LogP contribution in [0.1, 0.15) is 29.3 Å². The average molecular weight is 484 g/mol. The lowest BCUT2D eigenvalue weighted by Crippen LogP contribution is -2.27. The van der Waals surface area contributed by atoms with Crippen molar-refractivity contribution in [1.82, 2.24) is 34.8 Å². The lowest BCUT2D eigenvalue weighted by atomic mass is 9.94. The number of pyridine rings is 1. The normalized spacial score (nSPS) is 15.4. The Labute approximate surface area is 205 Å². The zero-order valence-corrected chi connectivity index (χ0v) is 19.6. The summed E-state index contributed by atoms with van der Waals surface area (Å²) in [5.74, 6) is 1.64. The van der Waals surface area contributed by atoms with E-state index in [1.165, 1.54) is 6.07 Å². The van der Waals surface area contributed by atoms with Crippen molar-refractivity contribution >= 4 is 29.1 Å². The van der Waals surface area contributed by atoms with Crippen LogP contribution in [0.15, 0.2) is 54.9 Å². The van der Waals surface area contributed by atoms with E-state index in [4.69, 9.17) is 0 Å². The first-order valence-corrected chi connectivity index (χ1v) is 11.5. The summed E-state index contributed by atoms with van der Waals surface area (Å²) < 4.78 is 16.5. The van der Waals surface area contributed by atoms with Crippen molar-refractivity contribution in [3.8, 4) is 11.3 Å². The quantitative estimate of drug-likeness (QED) is 0.391. The Kier molecular flexibility index (Phi) is 5.17. The second-order valence-electron chi connectivity index (χ2n) is 8.87. The van der Waals surface area contributed by atoms with E-state index >= 15 is 0 Å². The van der Waals surface area contributed by atoms with Gasteiger partial charge in [-0.2, -0.15) is 5.10 Å². The number of H-pyrrole nitrogens is 1. The van der Waals surface area contributed by atoms with E-state index in [-0.39, 0.29) is 24.1 Å². The first kappa shape index (κ1) is 21.8. The molecular weight excluding hydrogens is 461 g/mol. The third-order valence-corrected chi connectivity index (χ3v) is 6.39. The molecule has 5 heterocycles. The number of benzene rings is 1. The Morgan fingerprint density at radius 2 is 2.03 bits per heavy atom. The zero-order valence-electron chi connectivity index (χ0n) is 19.6. The van der Waals surface area contributed by atoms with Gasteiger partial charge in [0.2, 0.25) is 11.9 Å². The molecule has 1 aromatic carbocycles. The second-order valence-corrected chi connectivity index (χ2v) is 8.87. The number of carbonyl (C=O) groups is 1. The molecular formula is C25H22FN9O. The number of aryl methyl sites for hydroxylation is 1. The van der Waals surface area contributed by atoms with Crippen LogP contribution in [0.5, 0.6) is 0 Å². The van der Waals surface area contributed by atoms with Crippen molar-refractivity contribution < 1.29 is 9.18 Å². The number of aromatic amines is 1. The number of carbonyl (C=O) groups excluding carboxylic acids is 1. The van der Waals surface area contributed by atoms with Crippen LogP contribution in [-0.2, 0) is 11.2 Å². The molecule has 11 heteroatoms. The molecule has 4 aromatic heterocycles. The highest BCUT2D eigenvalue weighted by atomic mass is 19.1. The monoisotopic (exact) mass is 483 g/mol. The van der Waals surface area contributed by atoms with Gasteiger partial charge in [0, 0.05) is 37.2 Å². The van der Waals surface area contributed by atoms with Gasteiger partial charge in [0.15, 0.2) is 5.65 Å². The lowest BCUT2D eigenvalue weighted by Gasteiger charge is -2.17. The predicted octanol–water partition coefficient (Wildman–Crippen LogP) is 3.79. The maximum atomic E-state index is 14.6. The SMILES string of the molecule is Cc1ccc(CC2CC(=O)N(C)c3cc(-c4ccnc(Nc5ccn[nH]5)n4)cc4nnc2n34)c(F)c1. The summed E-state index contributed by atoms with van der Waals surface area (Å²) in [4.78, 5) is 23.6. The highest BCUT2D eigenvalue weighted by Crippen LogP contribution is 2.35. The Morgan fingerprint density at radius 3 is 2.83 bits per heavy atom. The molecule has 0 fully saturated rings. The van der Waals surface area contributed by atoms with Crippen molar-refractivity contribution in [2.75, 3.05) is 17.3 Å².